The van der Waals surface area contributed by atoms with Crippen LogP contribution in [0, 0.1) is 0 Å². The van der Waals surface area contributed by atoms with Crippen molar-refractivity contribution in [2.75, 3.05) is 5.75 Å². The molecule has 0 saturated carbocycles. The van der Waals surface area contributed by atoms with Gasteiger partial charge in [0.15, 0.2) is 0 Å². The average molecular weight is 498 g/mol. The Kier molecular flexibility index (Phi) is 9.53. The van der Waals surface area contributed by atoms with E-state index in [4.69, 9.17) is 11.6 Å². The lowest BCUT2D eigenvalue weighted by molar-refractivity contribution is -0.138. The summed E-state index contributed by atoms with van der Waals surface area (Å²) in [5, 5.41) is 3.60. The molecule has 2 aromatic rings. The summed E-state index contributed by atoms with van der Waals surface area (Å²) >= 11 is 11.2. The largest absolute Gasteiger partial charge is 0.352 e. The molecule has 0 saturated heterocycles. The zero-order valence-electron chi connectivity index (χ0n) is 16.8. The molecule has 0 aromatic heterocycles. The van der Waals surface area contributed by atoms with E-state index in [2.05, 4.69) is 21.2 Å². The molecular weight excluding hydrogens is 472 g/mol. The number of carbonyl (C=O) groups excluding carboxylic acids is 2. The standard InChI is InChI=1S/C22H26BrClN2O2S/c1-15(2)25-22(28)16(3)26(12-17-7-6-9-19(23)11-17)21(27)14-29-13-18-8-4-5-10-20(18)24/h4-11,15-16H,12-14H2,1-3H3,(H,25,28)/t16-/m0/s1. The summed E-state index contributed by atoms with van der Waals surface area (Å²) in [6, 6.07) is 14.8. The number of hydrogen-bond donors (Lipinski definition) is 1. The third-order valence-corrected chi connectivity index (χ3v) is 6.11. The maximum atomic E-state index is 13.0. The highest BCUT2D eigenvalue weighted by molar-refractivity contribution is 9.10. The number of benzene rings is 2. The van der Waals surface area contributed by atoms with E-state index in [0.29, 0.717) is 17.3 Å². The zero-order chi connectivity index (χ0) is 21.4. The van der Waals surface area contributed by atoms with Gasteiger partial charge in [0.2, 0.25) is 11.8 Å². The lowest BCUT2D eigenvalue weighted by Gasteiger charge is -2.29. The molecular formula is C22H26BrClN2O2S. The molecule has 2 amide bonds. The van der Waals surface area contributed by atoms with Crippen molar-refractivity contribution in [2.45, 2.75) is 45.2 Å². The molecule has 0 fully saturated rings. The number of amides is 2. The summed E-state index contributed by atoms with van der Waals surface area (Å²) < 4.78 is 0.940. The van der Waals surface area contributed by atoms with Gasteiger partial charge in [-0.2, -0.15) is 0 Å². The lowest BCUT2D eigenvalue weighted by Crippen LogP contribution is -2.49. The van der Waals surface area contributed by atoms with Gasteiger partial charge in [0.1, 0.15) is 6.04 Å². The number of nitrogens with zero attached hydrogens (tertiary/aromatic N) is 1. The molecule has 0 aliphatic carbocycles. The maximum Gasteiger partial charge on any atom is 0.242 e. The highest BCUT2D eigenvalue weighted by Crippen LogP contribution is 2.22. The first-order valence-electron chi connectivity index (χ1n) is 9.43. The van der Waals surface area contributed by atoms with Crippen LogP contribution in [0.5, 0.6) is 0 Å². The van der Waals surface area contributed by atoms with Crippen LogP contribution in [-0.2, 0) is 21.9 Å². The van der Waals surface area contributed by atoms with Crippen molar-refractivity contribution in [1.82, 2.24) is 10.2 Å². The predicted octanol–water partition coefficient (Wildman–Crippen LogP) is 5.28. The summed E-state index contributed by atoms with van der Waals surface area (Å²) in [6.07, 6.45) is 0. The van der Waals surface area contributed by atoms with Crippen molar-refractivity contribution in [1.29, 1.82) is 0 Å². The van der Waals surface area contributed by atoms with Gasteiger partial charge in [-0.15, -0.1) is 11.8 Å². The van der Waals surface area contributed by atoms with Gasteiger partial charge >= 0.3 is 0 Å². The van der Waals surface area contributed by atoms with Crippen LogP contribution in [0.15, 0.2) is 53.0 Å². The molecule has 2 aromatic carbocycles. The molecule has 1 N–H and O–H groups in total. The van der Waals surface area contributed by atoms with Crippen LogP contribution in [0.25, 0.3) is 0 Å². The summed E-state index contributed by atoms with van der Waals surface area (Å²) in [5.41, 5.74) is 1.96. The van der Waals surface area contributed by atoms with Gasteiger partial charge in [-0.05, 0) is 50.1 Å². The summed E-state index contributed by atoms with van der Waals surface area (Å²) in [6.45, 7) is 5.96. The summed E-state index contributed by atoms with van der Waals surface area (Å²) in [5.74, 6) is 0.689. The van der Waals surface area contributed by atoms with Gasteiger partial charge in [0, 0.05) is 27.8 Å². The highest BCUT2D eigenvalue weighted by Gasteiger charge is 2.26. The summed E-state index contributed by atoms with van der Waals surface area (Å²) in [4.78, 5) is 27.2. The Bertz CT molecular complexity index is 847. The third-order valence-electron chi connectivity index (χ3n) is 4.28. The minimum atomic E-state index is -0.565. The van der Waals surface area contributed by atoms with Crippen molar-refractivity contribution in [3.63, 3.8) is 0 Å². The minimum Gasteiger partial charge on any atom is -0.352 e. The molecule has 0 aliphatic heterocycles. The van der Waals surface area contributed by atoms with Crippen molar-refractivity contribution in [3.8, 4) is 0 Å². The number of hydrogen-bond acceptors (Lipinski definition) is 3. The predicted molar refractivity (Wildman–Crippen MR) is 125 cm³/mol. The molecule has 0 aliphatic rings. The van der Waals surface area contributed by atoms with Gasteiger partial charge in [-0.1, -0.05) is 57.9 Å². The number of rotatable bonds is 9. The molecule has 0 heterocycles. The van der Waals surface area contributed by atoms with E-state index >= 15 is 0 Å². The Morgan fingerprint density at radius 3 is 2.52 bits per heavy atom. The molecule has 2 rings (SSSR count). The Morgan fingerprint density at radius 2 is 1.86 bits per heavy atom. The van der Waals surface area contributed by atoms with Gasteiger partial charge in [0.25, 0.3) is 0 Å². The molecule has 0 bridgehead atoms. The van der Waals surface area contributed by atoms with Gasteiger partial charge in [-0.25, -0.2) is 0 Å². The number of thioether (sulfide) groups is 1. The van der Waals surface area contributed by atoms with Crippen LogP contribution >= 0.6 is 39.3 Å². The van der Waals surface area contributed by atoms with E-state index in [1.54, 1.807) is 11.8 Å². The van der Waals surface area contributed by atoms with E-state index in [1.165, 1.54) is 11.8 Å². The third kappa shape index (κ3) is 7.68. The molecule has 7 heteroatoms. The smallest absolute Gasteiger partial charge is 0.242 e. The van der Waals surface area contributed by atoms with E-state index < -0.39 is 6.04 Å². The highest BCUT2D eigenvalue weighted by atomic mass is 79.9. The normalized spacial score (nSPS) is 11.9. The van der Waals surface area contributed by atoms with Gasteiger partial charge < -0.3 is 10.2 Å². The Balaban J connectivity index is 2.09. The molecule has 156 valence electrons. The topological polar surface area (TPSA) is 49.4 Å². The number of carbonyl (C=O) groups is 2. The Labute approximate surface area is 190 Å². The summed E-state index contributed by atoms with van der Waals surface area (Å²) in [7, 11) is 0. The molecule has 4 nitrogen and oxygen atoms in total. The first-order chi connectivity index (χ1) is 13.8. The second kappa shape index (κ2) is 11.6. The van der Waals surface area contributed by atoms with Crippen LogP contribution < -0.4 is 5.32 Å². The SMILES string of the molecule is CC(C)NC(=O)[C@H](C)N(Cc1cccc(Br)c1)C(=O)CSCc1ccccc1Cl. The molecule has 0 unspecified atom stereocenters. The number of nitrogens with one attached hydrogen (secondary N) is 1. The van der Waals surface area contributed by atoms with Crippen LogP contribution in [0.3, 0.4) is 0 Å². The Hall–Kier alpha value is -1.50. The molecule has 1 atom stereocenters. The maximum absolute atomic E-state index is 13.0. The fourth-order valence-electron chi connectivity index (χ4n) is 2.77. The van der Waals surface area contributed by atoms with Crippen molar-refractivity contribution < 1.29 is 9.59 Å². The van der Waals surface area contributed by atoms with Crippen LogP contribution in [0.4, 0.5) is 0 Å². The van der Waals surface area contributed by atoms with E-state index in [1.807, 2.05) is 62.4 Å². The van der Waals surface area contributed by atoms with Gasteiger partial charge in [-0.3, -0.25) is 9.59 Å². The first kappa shape index (κ1) is 23.8. The monoisotopic (exact) mass is 496 g/mol. The van der Waals surface area contributed by atoms with E-state index in [0.717, 1.165) is 15.6 Å². The van der Waals surface area contributed by atoms with Crippen LogP contribution in [0.1, 0.15) is 31.9 Å². The van der Waals surface area contributed by atoms with Crippen molar-refractivity contribution >= 4 is 51.1 Å². The van der Waals surface area contributed by atoms with E-state index in [9.17, 15) is 9.59 Å². The van der Waals surface area contributed by atoms with Crippen molar-refractivity contribution in [3.05, 3.63) is 69.2 Å². The fourth-order valence-corrected chi connectivity index (χ4v) is 4.41. The van der Waals surface area contributed by atoms with Crippen LogP contribution in [-0.4, -0.2) is 34.6 Å². The zero-order valence-corrected chi connectivity index (χ0v) is 20.0. The minimum absolute atomic E-state index is 0.0161. The lowest BCUT2D eigenvalue weighted by atomic mass is 10.1. The fraction of sp³-hybridized carbons (Fsp3) is 0.364. The quantitative estimate of drug-likeness (QED) is 0.513. The molecule has 0 radical (unpaired) electrons. The van der Waals surface area contributed by atoms with E-state index in [-0.39, 0.29) is 23.6 Å². The average Bonchev–Trinajstić information content (AvgIpc) is 2.66. The van der Waals surface area contributed by atoms with Crippen molar-refractivity contribution in [2.24, 2.45) is 0 Å². The van der Waals surface area contributed by atoms with Crippen LogP contribution in [0.2, 0.25) is 5.02 Å². The first-order valence-corrected chi connectivity index (χ1v) is 11.8. The molecule has 0 spiro atoms. The van der Waals surface area contributed by atoms with Gasteiger partial charge in [0.05, 0.1) is 5.75 Å². The second-order valence-corrected chi connectivity index (χ2v) is 9.38. The Morgan fingerprint density at radius 1 is 1.14 bits per heavy atom. The molecule has 29 heavy (non-hydrogen) atoms. The second-order valence-electron chi connectivity index (χ2n) is 7.08. The number of halogens is 2.